The van der Waals surface area contributed by atoms with Crippen molar-refractivity contribution in [3.8, 4) is 0 Å². The van der Waals surface area contributed by atoms with Crippen LogP contribution in [0.3, 0.4) is 0 Å². The second kappa shape index (κ2) is 5.70. The SMILES string of the molecule is CC1=C/C(=N\NC(=O)Cc2cccs2)CC(C)(C)C1. The Morgan fingerprint density at radius 3 is 2.89 bits per heavy atom. The molecule has 4 heteroatoms. The normalized spacial score (nSPS) is 20.2. The van der Waals surface area contributed by atoms with Gasteiger partial charge in [-0.15, -0.1) is 11.3 Å². The molecular formula is C15H20N2OS. The van der Waals surface area contributed by atoms with E-state index < -0.39 is 0 Å². The van der Waals surface area contributed by atoms with Crippen LogP contribution in [-0.4, -0.2) is 11.6 Å². The summed E-state index contributed by atoms with van der Waals surface area (Å²) in [5.41, 5.74) is 5.18. The van der Waals surface area contributed by atoms with Gasteiger partial charge in [0.05, 0.1) is 12.1 Å². The molecule has 0 atom stereocenters. The van der Waals surface area contributed by atoms with Crippen molar-refractivity contribution in [2.24, 2.45) is 10.5 Å². The van der Waals surface area contributed by atoms with Crippen LogP contribution in [-0.2, 0) is 11.2 Å². The predicted molar refractivity (Wildman–Crippen MR) is 80.4 cm³/mol. The van der Waals surface area contributed by atoms with Crippen molar-refractivity contribution in [3.05, 3.63) is 34.0 Å². The minimum Gasteiger partial charge on any atom is -0.273 e. The van der Waals surface area contributed by atoms with Crippen molar-refractivity contribution < 1.29 is 4.79 Å². The zero-order valence-corrected chi connectivity index (χ0v) is 12.5. The van der Waals surface area contributed by atoms with Crippen LogP contribution in [0.15, 0.2) is 34.3 Å². The van der Waals surface area contributed by atoms with Crippen molar-refractivity contribution in [2.75, 3.05) is 0 Å². The minimum absolute atomic E-state index is 0.0515. The molecule has 0 saturated heterocycles. The van der Waals surface area contributed by atoms with E-state index in [-0.39, 0.29) is 11.3 Å². The van der Waals surface area contributed by atoms with Gasteiger partial charge in [0.2, 0.25) is 5.91 Å². The highest BCUT2D eigenvalue weighted by Crippen LogP contribution is 2.33. The topological polar surface area (TPSA) is 41.5 Å². The number of hydrazone groups is 1. The lowest BCUT2D eigenvalue weighted by atomic mass is 9.77. The maximum absolute atomic E-state index is 11.8. The average molecular weight is 276 g/mol. The molecular weight excluding hydrogens is 256 g/mol. The van der Waals surface area contributed by atoms with Gasteiger partial charge in [-0.25, -0.2) is 5.43 Å². The number of nitrogens with one attached hydrogen (secondary N) is 1. The molecule has 1 heterocycles. The lowest BCUT2D eigenvalue weighted by Crippen LogP contribution is -2.25. The van der Waals surface area contributed by atoms with Crippen LogP contribution >= 0.6 is 11.3 Å². The molecule has 0 spiro atoms. The zero-order chi connectivity index (χ0) is 13.9. The Hall–Kier alpha value is -1.42. The van der Waals surface area contributed by atoms with Crippen molar-refractivity contribution >= 4 is 23.0 Å². The third kappa shape index (κ3) is 4.31. The second-order valence-electron chi connectivity index (χ2n) is 5.90. The van der Waals surface area contributed by atoms with Gasteiger partial charge in [0.15, 0.2) is 0 Å². The number of amides is 1. The predicted octanol–water partition coefficient (Wildman–Crippen LogP) is 3.53. The van der Waals surface area contributed by atoms with E-state index in [1.165, 1.54) is 5.57 Å². The van der Waals surface area contributed by atoms with E-state index in [9.17, 15) is 4.79 Å². The lowest BCUT2D eigenvalue weighted by molar-refractivity contribution is -0.120. The van der Waals surface area contributed by atoms with E-state index in [0.717, 1.165) is 23.4 Å². The molecule has 1 aromatic heterocycles. The summed E-state index contributed by atoms with van der Waals surface area (Å²) in [6, 6.07) is 3.92. The second-order valence-corrected chi connectivity index (χ2v) is 6.93. The molecule has 0 unspecified atom stereocenters. The van der Waals surface area contributed by atoms with E-state index in [2.05, 4.69) is 37.4 Å². The summed E-state index contributed by atoms with van der Waals surface area (Å²) in [5, 5.41) is 6.23. The van der Waals surface area contributed by atoms with E-state index in [1.807, 2.05) is 17.5 Å². The molecule has 19 heavy (non-hydrogen) atoms. The first kappa shape index (κ1) is 14.0. The van der Waals surface area contributed by atoms with Crippen LogP contribution in [0.4, 0.5) is 0 Å². The number of allylic oxidation sites excluding steroid dienone is 2. The molecule has 0 radical (unpaired) electrons. The molecule has 0 fully saturated rings. The van der Waals surface area contributed by atoms with Crippen LogP contribution in [0.2, 0.25) is 0 Å². The molecule has 2 rings (SSSR count). The summed E-state index contributed by atoms with van der Waals surface area (Å²) in [4.78, 5) is 12.8. The molecule has 0 saturated carbocycles. The Labute approximate surface area is 118 Å². The number of carbonyl (C=O) groups is 1. The summed E-state index contributed by atoms with van der Waals surface area (Å²) < 4.78 is 0. The van der Waals surface area contributed by atoms with Crippen LogP contribution in [0.1, 0.15) is 38.5 Å². The Balaban J connectivity index is 1.95. The molecule has 3 nitrogen and oxygen atoms in total. The number of hydrogen-bond donors (Lipinski definition) is 1. The van der Waals surface area contributed by atoms with Crippen molar-refractivity contribution in [2.45, 2.75) is 40.0 Å². The molecule has 0 aliphatic heterocycles. The van der Waals surface area contributed by atoms with E-state index in [4.69, 9.17) is 0 Å². The van der Waals surface area contributed by atoms with Crippen LogP contribution < -0.4 is 5.43 Å². The third-order valence-corrected chi connectivity index (χ3v) is 3.95. The van der Waals surface area contributed by atoms with Gasteiger partial charge in [-0.3, -0.25) is 4.79 Å². The third-order valence-electron chi connectivity index (χ3n) is 3.07. The summed E-state index contributed by atoms with van der Waals surface area (Å²) in [5.74, 6) is -0.0515. The van der Waals surface area contributed by atoms with Gasteiger partial charge in [0.25, 0.3) is 0 Å². The smallest absolute Gasteiger partial charge is 0.245 e. The lowest BCUT2D eigenvalue weighted by Gasteiger charge is -2.29. The first-order valence-corrected chi connectivity index (χ1v) is 7.37. The summed E-state index contributed by atoms with van der Waals surface area (Å²) in [6.45, 7) is 6.57. The van der Waals surface area contributed by atoms with Gasteiger partial charge < -0.3 is 0 Å². The van der Waals surface area contributed by atoms with Crippen molar-refractivity contribution in [3.63, 3.8) is 0 Å². The molecule has 0 aromatic carbocycles. The highest BCUT2D eigenvalue weighted by Gasteiger charge is 2.24. The Morgan fingerprint density at radius 1 is 1.47 bits per heavy atom. The molecule has 1 aliphatic carbocycles. The van der Waals surface area contributed by atoms with Crippen LogP contribution in [0.25, 0.3) is 0 Å². The standard InChI is InChI=1S/C15H20N2OS/c1-11-7-12(10-15(2,3)9-11)16-17-14(18)8-13-5-4-6-19-13/h4-7H,8-10H2,1-3H3,(H,17,18)/b16-12+. The number of carbonyl (C=O) groups excluding carboxylic acids is 1. The van der Waals surface area contributed by atoms with E-state index in [0.29, 0.717) is 6.42 Å². The fourth-order valence-electron chi connectivity index (χ4n) is 2.51. The number of thiophene rings is 1. The Morgan fingerprint density at radius 2 is 2.26 bits per heavy atom. The summed E-state index contributed by atoms with van der Waals surface area (Å²) in [7, 11) is 0. The van der Waals surface area contributed by atoms with Gasteiger partial charge in [0.1, 0.15) is 0 Å². The zero-order valence-electron chi connectivity index (χ0n) is 11.7. The molecule has 1 aliphatic rings. The van der Waals surface area contributed by atoms with Gasteiger partial charge in [-0.05, 0) is 42.7 Å². The number of nitrogens with zero attached hydrogens (tertiary/aromatic N) is 1. The largest absolute Gasteiger partial charge is 0.273 e. The summed E-state index contributed by atoms with van der Waals surface area (Å²) >= 11 is 1.59. The number of hydrogen-bond acceptors (Lipinski definition) is 3. The van der Waals surface area contributed by atoms with Crippen molar-refractivity contribution in [1.29, 1.82) is 0 Å². The first-order chi connectivity index (χ1) is 8.94. The summed E-state index contributed by atoms with van der Waals surface area (Å²) in [6.07, 6.45) is 4.48. The van der Waals surface area contributed by atoms with Gasteiger partial charge in [-0.2, -0.15) is 5.10 Å². The molecule has 1 N–H and O–H groups in total. The fourth-order valence-corrected chi connectivity index (χ4v) is 3.21. The van der Waals surface area contributed by atoms with Gasteiger partial charge in [0, 0.05) is 4.88 Å². The van der Waals surface area contributed by atoms with Gasteiger partial charge >= 0.3 is 0 Å². The highest BCUT2D eigenvalue weighted by molar-refractivity contribution is 7.10. The van der Waals surface area contributed by atoms with E-state index in [1.54, 1.807) is 11.3 Å². The maximum Gasteiger partial charge on any atom is 0.245 e. The molecule has 1 aromatic rings. The first-order valence-electron chi connectivity index (χ1n) is 6.50. The maximum atomic E-state index is 11.8. The molecule has 0 bridgehead atoms. The van der Waals surface area contributed by atoms with E-state index >= 15 is 0 Å². The Kier molecular flexibility index (Phi) is 4.20. The highest BCUT2D eigenvalue weighted by atomic mass is 32.1. The molecule has 102 valence electrons. The minimum atomic E-state index is -0.0515. The fraction of sp³-hybridized carbons (Fsp3) is 0.467. The van der Waals surface area contributed by atoms with Crippen molar-refractivity contribution in [1.82, 2.24) is 5.43 Å². The molecule has 1 amide bonds. The average Bonchev–Trinajstić information content (AvgIpc) is 2.76. The quantitative estimate of drug-likeness (QED) is 0.843. The van der Waals surface area contributed by atoms with Crippen LogP contribution in [0.5, 0.6) is 0 Å². The Bertz CT molecular complexity index is 512. The number of rotatable bonds is 3. The van der Waals surface area contributed by atoms with Crippen LogP contribution in [0, 0.1) is 5.41 Å². The monoisotopic (exact) mass is 276 g/mol. The van der Waals surface area contributed by atoms with Gasteiger partial charge in [-0.1, -0.05) is 25.5 Å².